The summed E-state index contributed by atoms with van der Waals surface area (Å²) in [6.45, 7) is 4.18. The minimum Gasteiger partial charge on any atom is -0.365 e. The number of aromatic amines is 1. The molecule has 24 heavy (non-hydrogen) atoms. The first-order valence-electron chi connectivity index (χ1n) is 8.04. The third-order valence-electron chi connectivity index (χ3n) is 3.95. The second kappa shape index (κ2) is 7.13. The number of nitrogens with one attached hydrogen (secondary N) is 2. The van der Waals surface area contributed by atoms with Crippen LogP contribution in [0.2, 0.25) is 5.02 Å². The Morgan fingerprint density at radius 1 is 1.29 bits per heavy atom. The van der Waals surface area contributed by atoms with Gasteiger partial charge in [0.25, 0.3) is 0 Å². The fraction of sp³-hybridized carbons (Fsp3) is 0.353. The van der Waals surface area contributed by atoms with Gasteiger partial charge in [-0.05, 0) is 18.9 Å². The Hall–Kier alpha value is -2.21. The highest BCUT2D eigenvalue weighted by Crippen LogP contribution is 2.28. The van der Waals surface area contributed by atoms with Gasteiger partial charge in [-0.15, -0.1) is 0 Å². The molecule has 0 spiro atoms. The summed E-state index contributed by atoms with van der Waals surface area (Å²) >= 11 is 6.02. The molecule has 0 saturated heterocycles. The smallest absolute Gasteiger partial charge is 0.183 e. The Balaban J connectivity index is 1.99. The van der Waals surface area contributed by atoms with Crippen molar-refractivity contribution in [2.45, 2.75) is 39.2 Å². The van der Waals surface area contributed by atoms with Crippen LogP contribution in [0.4, 0.5) is 10.2 Å². The zero-order valence-electron chi connectivity index (χ0n) is 13.6. The number of nitrogens with zero attached hydrogens (tertiary/aromatic N) is 3. The van der Waals surface area contributed by atoms with E-state index < -0.39 is 5.82 Å². The summed E-state index contributed by atoms with van der Waals surface area (Å²) in [6.07, 6.45) is 7.41. The van der Waals surface area contributed by atoms with Crippen LogP contribution in [-0.4, -0.2) is 26.0 Å². The zero-order valence-corrected chi connectivity index (χ0v) is 14.4. The summed E-state index contributed by atoms with van der Waals surface area (Å²) in [7, 11) is 0. The van der Waals surface area contributed by atoms with E-state index in [1.165, 1.54) is 6.20 Å². The van der Waals surface area contributed by atoms with E-state index in [2.05, 4.69) is 39.1 Å². The molecule has 3 aromatic heterocycles. The van der Waals surface area contributed by atoms with Crippen LogP contribution < -0.4 is 5.32 Å². The lowest BCUT2D eigenvalue weighted by Gasteiger charge is -2.17. The molecule has 3 heterocycles. The maximum atomic E-state index is 14.1. The van der Waals surface area contributed by atoms with Crippen LogP contribution >= 0.6 is 11.6 Å². The molecule has 0 bridgehead atoms. The highest BCUT2D eigenvalue weighted by atomic mass is 35.5. The van der Waals surface area contributed by atoms with E-state index >= 15 is 0 Å². The molecule has 0 saturated carbocycles. The number of hydrogen-bond donors (Lipinski definition) is 2. The molecule has 7 heteroatoms. The first kappa shape index (κ1) is 16.6. The van der Waals surface area contributed by atoms with E-state index in [0.717, 1.165) is 30.2 Å². The first-order valence-corrected chi connectivity index (χ1v) is 8.42. The average Bonchev–Trinajstić information content (AvgIpc) is 2.99. The number of fused-ring (bicyclic) bond motifs is 1. The van der Waals surface area contributed by atoms with Gasteiger partial charge in [0.2, 0.25) is 0 Å². The molecule has 0 unspecified atom stereocenters. The van der Waals surface area contributed by atoms with E-state index in [0.29, 0.717) is 16.5 Å². The zero-order chi connectivity index (χ0) is 17.1. The highest BCUT2D eigenvalue weighted by Gasteiger charge is 2.15. The topological polar surface area (TPSA) is 66.5 Å². The SMILES string of the molecule is CCC[C@H](CC)Nc1nc(-c2c[nH]c3ncc(Cl)cc23)ncc1F. The maximum absolute atomic E-state index is 14.1. The van der Waals surface area contributed by atoms with E-state index in [1.54, 1.807) is 18.5 Å². The van der Waals surface area contributed by atoms with Crippen molar-refractivity contribution < 1.29 is 4.39 Å². The molecule has 3 aromatic rings. The third-order valence-corrected chi connectivity index (χ3v) is 4.16. The standard InChI is InChI=1S/C17H19ClFN5/c1-3-5-11(4-2)23-17-14(19)9-22-16(24-17)13-8-21-15-12(13)6-10(18)7-20-15/h6-9,11H,3-5H2,1-2H3,(H,20,21)(H,22,23,24)/t11-/m0/s1. The van der Waals surface area contributed by atoms with E-state index in [-0.39, 0.29) is 11.9 Å². The summed E-state index contributed by atoms with van der Waals surface area (Å²) in [6, 6.07) is 1.98. The van der Waals surface area contributed by atoms with Crippen LogP contribution in [0.15, 0.2) is 24.7 Å². The van der Waals surface area contributed by atoms with Gasteiger partial charge in [0, 0.05) is 29.4 Å². The summed E-state index contributed by atoms with van der Waals surface area (Å²) in [5.41, 5.74) is 1.43. The summed E-state index contributed by atoms with van der Waals surface area (Å²) in [4.78, 5) is 15.8. The minimum absolute atomic E-state index is 0.186. The van der Waals surface area contributed by atoms with Crippen molar-refractivity contribution in [2.24, 2.45) is 0 Å². The molecule has 3 rings (SSSR count). The van der Waals surface area contributed by atoms with Crippen LogP contribution in [0.3, 0.4) is 0 Å². The van der Waals surface area contributed by atoms with Crippen LogP contribution in [0.5, 0.6) is 0 Å². The Morgan fingerprint density at radius 3 is 2.88 bits per heavy atom. The predicted molar refractivity (Wildman–Crippen MR) is 94.7 cm³/mol. The largest absolute Gasteiger partial charge is 0.365 e. The van der Waals surface area contributed by atoms with Gasteiger partial charge in [0.05, 0.1) is 11.2 Å². The van der Waals surface area contributed by atoms with Crippen molar-refractivity contribution in [1.82, 2.24) is 19.9 Å². The Kier molecular flexibility index (Phi) is 4.94. The number of halogens is 2. The Labute approximate surface area is 144 Å². The molecule has 0 aliphatic heterocycles. The van der Waals surface area contributed by atoms with Crippen LogP contribution in [0.1, 0.15) is 33.1 Å². The fourth-order valence-corrected chi connectivity index (χ4v) is 2.84. The molecule has 0 fully saturated rings. The molecular weight excluding hydrogens is 329 g/mol. The Morgan fingerprint density at radius 2 is 2.12 bits per heavy atom. The van der Waals surface area contributed by atoms with Crippen molar-refractivity contribution in [3.8, 4) is 11.4 Å². The lowest BCUT2D eigenvalue weighted by atomic mass is 10.1. The monoisotopic (exact) mass is 347 g/mol. The van der Waals surface area contributed by atoms with Gasteiger partial charge in [-0.3, -0.25) is 0 Å². The summed E-state index contributed by atoms with van der Waals surface area (Å²) < 4.78 is 14.1. The van der Waals surface area contributed by atoms with Gasteiger partial charge in [0.15, 0.2) is 17.5 Å². The molecule has 0 amide bonds. The number of hydrogen-bond acceptors (Lipinski definition) is 4. The van der Waals surface area contributed by atoms with Gasteiger partial charge < -0.3 is 10.3 Å². The lowest BCUT2D eigenvalue weighted by Crippen LogP contribution is -2.20. The second-order valence-corrected chi connectivity index (χ2v) is 6.12. The number of H-pyrrole nitrogens is 1. The molecule has 0 aromatic carbocycles. The molecule has 126 valence electrons. The third kappa shape index (κ3) is 3.33. The number of aromatic nitrogens is 4. The van der Waals surface area contributed by atoms with E-state index in [4.69, 9.17) is 11.6 Å². The number of rotatable bonds is 6. The van der Waals surface area contributed by atoms with Gasteiger partial charge in [-0.2, -0.15) is 0 Å². The quantitative estimate of drug-likeness (QED) is 0.672. The number of anilines is 1. The highest BCUT2D eigenvalue weighted by molar-refractivity contribution is 6.31. The van der Waals surface area contributed by atoms with E-state index in [9.17, 15) is 4.39 Å². The normalized spacial score (nSPS) is 12.5. The number of pyridine rings is 1. The second-order valence-electron chi connectivity index (χ2n) is 5.68. The van der Waals surface area contributed by atoms with Crippen molar-refractivity contribution >= 4 is 28.5 Å². The van der Waals surface area contributed by atoms with Crippen LogP contribution in [0.25, 0.3) is 22.4 Å². The van der Waals surface area contributed by atoms with Crippen LogP contribution in [0, 0.1) is 5.82 Å². The van der Waals surface area contributed by atoms with Crippen LogP contribution in [-0.2, 0) is 0 Å². The van der Waals surface area contributed by atoms with Gasteiger partial charge >= 0.3 is 0 Å². The predicted octanol–water partition coefficient (Wildman–Crippen LogP) is 4.80. The fourth-order valence-electron chi connectivity index (χ4n) is 2.68. The summed E-state index contributed by atoms with van der Waals surface area (Å²) in [5, 5.41) is 4.51. The molecule has 1 atom stereocenters. The maximum Gasteiger partial charge on any atom is 0.183 e. The minimum atomic E-state index is -0.454. The van der Waals surface area contributed by atoms with Gasteiger partial charge in [-0.1, -0.05) is 31.9 Å². The van der Waals surface area contributed by atoms with E-state index in [1.807, 2.05) is 0 Å². The van der Waals surface area contributed by atoms with Crippen molar-refractivity contribution in [1.29, 1.82) is 0 Å². The molecular formula is C17H19ClFN5. The summed E-state index contributed by atoms with van der Waals surface area (Å²) in [5.74, 6) is 0.203. The molecule has 0 radical (unpaired) electrons. The van der Waals surface area contributed by atoms with Gasteiger partial charge in [0.1, 0.15) is 5.65 Å². The van der Waals surface area contributed by atoms with Crippen molar-refractivity contribution in [3.05, 3.63) is 35.5 Å². The molecule has 0 aliphatic rings. The van der Waals surface area contributed by atoms with Crippen molar-refractivity contribution in [2.75, 3.05) is 5.32 Å². The molecule has 0 aliphatic carbocycles. The van der Waals surface area contributed by atoms with Gasteiger partial charge in [-0.25, -0.2) is 19.3 Å². The average molecular weight is 348 g/mol. The Bertz CT molecular complexity index is 848. The molecule has 5 nitrogen and oxygen atoms in total. The first-order chi connectivity index (χ1) is 11.6. The molecule has 2 N–H and O–H groups in total. The lowest BCUT2D eigenvalue weighted by molar-refractivity contribution is 0.589. The van der Waals surface area contributed by atoms with Crippen molar-refractivity contribution in [3.63, 3.8) is 0 Å².